The van der Waals surface area contributed by atoms with Gasteiger partial charge in [0.25, 0.3) is 0 Å². The van der Waals surface area contributed by atoms with E-state index in [1.807, 2.05) is 0 Å². The first-order chi connectivity index (χ1) is 7.10. The molecule has 0 fully saturated rings. The zero-order valence-corrected chi connectivity index (χ0v) is 8.80. The third kappa shape index (κ3) is 2.36. The number of anilines is 1. The first-order valence-corrected chi connectivity index (χ1v) is 4.75. The van der Waals surface area contributed by atoms with Crippen molar-refractivity contribution in [2.75, 3.05) is 12.8 Å². The summed E-state index contributed by atoms with van der Waals surface area (Å²) in [4.78, 5) is 11.4. The summed E-state index contributed by atoms with van der Waals surface area (Å²) in [7, 11) is 1.38. The van der Waals surface area contributed by atoms with Crippen LogP contribution < -0.4 is 10.5 Å². The molecule has 15 heavy (non-hydrogen) atoms. The molecule has 0 heterocycles. The number of nitrogens with two attached hydrogens (primary N) is 1. The quantitative estimate of drug-likeness (QED) is 0.463. The third-order valence-electron chi connectivity index (χ3n) is 1.73. The molecule has 0 aliphatic heterocycles. The molecule has 0 aliphatic rings. The van der Waals surface area contributed by atoms with Crippen LogP contribution in [0.4, 0.5) is 5.69 Å². The molecule has 3 N–H and O–H groups in total. The summed E-state index contributed by atoms with van der Waals surface area (Å²) in [6.07, 6.45) is 5.10. The van der Waals surface area contributed by atoms with Gasteiger partial charge in [-0.05, 0) is 23.1 Å². The normalized spacial score (nSPS) is 9.33. The summed E-state index contributed by atoms with van der Waals surface area (Å²) >= 11 is 1.04. The standard InChI is InChI=1S/C10H9NO3S/c1-3-15-9-4-6(10(12)13)8(14-2)5-7(9)11/h1,4-5H,11H2,2H3,(H,12,13). The van der Waals surface area contributed by atoms with Crippen LogP contribution in [0.25, 0.3) is 0 Å². The Morgan fingerprint density at radius 1 is 1.67 bits per heavy atom. The van der Waals surface area contributed by atoms with Gasteiger partial charge in [0.1, 0.15) is 11.3 Å². The molecule has 0 amide bonds. The number of methoxy groups -OCH3 is 1. The average Bonchev–Trinajstić information content (AvgIpc) is 2.20. The van der Waals surface area contributed by atoms with Crippen LogP contribution in [-0.4, -0.2) is 18.2 Å². The predicted octanol–water partition coefficient (Wildman–Crippen LogP) is 1.66. The minimum atomic E-state index is -1.08. The lowest BCUT2D eigenvalue weighted by Crippen LogP contribution is -2.02. The van der Waals surface area contributed by atoms with Crippen molar-refractivity contribution in [2.24, 2.45) is 0 Å². The molecule has 0 radical (unpaired) electrons. The largest absolute Gasteiger partial charge is 0.496 e. The highest BCUT2D eigenvalue weighted by atomic mass is 32.2. The summed E-state index contributed by atoms with van der Waals surface area (Å²) < 4.78 is 4.90. The minimum absolute atomic E-state index is 0.0458. The molecule has 4 nitrogen and oxygen atoms in total. The first kappa shape index (κ1) is 11.3. The van der Waals surface area contributed by atoms with Crippen LogP contribution >= 0.6 is 11.8 Å². The molecule has 0 saturated carbocycles. The maximum absolute atomic E-state index is 10.9. The maximum atomic E-state index is 10.9. The van der Waals surface area contributed by atoms with E-state index in [0.29, 0.717) is 10.6 Å². The van der Waals surface area contributed by atoms with E-state index in [1.165, 1.54) is 19.2 Å². The minimum Gasteiger partial charge on any atom is -0.496 e. The number of nitrogen functional groups attached to an aromatic ring is 1. The highest BCUT2D eigenvalue weighted by molar-refractivity contribution is 8.04. The van der Waals surface area contributed by atoms with Crippen LogP contribution in [0.1, 0.15) is 10.4 Å². The fourth-order valence-corrected chi connectivity index (χ4v) is 1.54. The van der Waals surface area contributed by atoms with E-state index in [0.717, 1.165) is 11.8 Å². The van der Waals surface area contributed by atoms with Gasteiger partial charge in [0.2, 0.25) is 0 Å². The Hall–Kier alpha value is -1.80. The number of rotatable bonds is 3. The van der Waals surface area contributed by atoms with Crippen molar-refractivity contribution in [3.63, 3.8) is 0 Å². The molecule has 0 aromatic heterocycles. The van der Waals surface area contributed by atoms with Crippen molar-refractivity contribution in [3.05, 3.63) is 17.7 Å². The van der Waals surface area contributed by atoms with Gasteiger partial charge in [-0.15, -0.1) is 6.42 Å². The number of carboxylic acids is 1. The van der Waals surface area contributed by atoms with Crippen molar-refractivity contribution < 1.29 is 14.6 Å². The number of hydrogen-bond donors (Lipinski definition) is 2. The molecule has 1 aromatic carbocycles. The molecule has 0 atom stereocenters. The average molecular weight is 223 g/mol. The van der Waals surface area contributed by atoms with Crippen molar-refractivity contribution in [2.45, 2.75) is 4.90 Å². The summed E-state index contributed by atoms with van der Waals surface area (Å²) in [6.45, 7) is 0. The lowest BCUT2D eigenvalue weighted by Gasteiger charge is -2.08. The van der Waals surface area contributed by atoms with Crippen LogP contribution in [0.2, 0.25) is 0 Å². The van der Waals surface area contributed by atoms with E-state index in [-0.39, 0.29) is 11.3 Å². The molecule has 0 unspecified atom stereocenters. The number of ether oxygens (including phenoxy) is 1. The smallest absolute Gasteiger partial charge is 0.339 e. The molecule has 0 bridgehead atoms. The topological polar surface area (TPSA) is 72.5 Å². The maximum Gasteiger partial charge on any atom is 0.339 e. The van der Waals surface area contributed by atoms with Crippen LogP contribution in [0.3, 0.4) is 0 Å². The summed E-state index contributed by atoms with van der Waals surface area (Å²) in [5, 5.41) is 11.2. The van der Waals surface area contributed by atoms with E-state index < -0.39 is 5.97 Å². The second-order valence-corrected chi connectivity index (χ2v) is 3.50. The third-order valence-corrected chi connectivity index (χ3v) is 2.42. The van der Waals surface area contributed by atoms with Crippen LogP contribution in [0.15, 0.2) is 17.0 Å². The molecule has 1 aromatic rings. The van der Waals surface area contributed by atoms with Crippen LogP contribution in [0.5, 0.6) is 5.75 Å². The summed E-state index contributed by atoms with van der Waals surface area (Å²) in [5.41, 5.74) is 6.11. The molecule has 5 heteroatoms. The molecule has 1 rings (SSSR count). The number of hydrogen-bond acceptors (Lipinski definition) is 4. The number of terminal acetylenes is 1. The van der Waals surface area contributed by atoms with Crippen molar-refractivity contribution >= 4 is 23.4 Å². The van der Waals surface area contributed by atoms with Crippen molar-refractivity contribution in [1.82, 2.24) is 0 Å². The molecular formula is C10H9NO3S. The summed E-state index contributed by atoms with van der Waals surface area (Å²) in [6, 6.07) is 2.85. The molecule has 78 valence electrons. The predicted molar refractivity (Wildman–Crippen MR) is 59.1 cm³/mol. The Morgan fingerprint density at radius 2 is 2.33 bits per heavy atom. The summed E-state index contributed by atoms with van der Waals surface area (Å²) in [5.74, 6) is -0.855. The number of carboxylic acid groups (broad SMARTS) is 1. The number of thioether (sulfide) groups is 1. The Morgan fingerprint density at radius 3 is 2.80 bits per heavy atom. The van der Waals surface area contributed by atoms with Gasteiger partial charge in [-0.25, -0.2) is 4.79 Å². The fourth-order valence-electron chi connectivity index (χ4n) is 1.06. The van der Waals surface area contributed by atoms with Crippen molar-refractivity contribution in [1.29, 1.82) is 0 Å². The number of benzene rings is 1. The Labute approximate surface area is 91.4 Å². The van der Waals surface area contributed by atoms with Crippen LogP contribution in [0, 0.1) is 11.7 Å². The van der Waals surface area contributed by atoms with E-state index in [1.54, 1.807) is 0 Å². The Balaban J connectivity index is 3.31. The van der Waals surface area contributed by atoms with E-state index in [9.17, 15) is 4.79 Å². The molecule has 0 aliphatic carbocycles. The Kier molecular flexibility index (Phi) is 3.47. The SMILES string of the molecule is C#CSc1cc(C(=O)O)c(OC)cc1N. The fraction of sp³-hybridized carbons (Fsp3) is 0.100. The Bertz CT molecular complexity index is 437. The van der Waals surface area contributed by atoms with Gasteiger partial charge in [-0.2, -0.15) is 0 Å². The van der Waals surface area contributed by atoms with E-state index >= 15 is 0 Å². The molecule has 0 spiro atoms. The van der Waals surface area contributed by atoms with E-state index in [2.05, 4.69) is 5.25 Å². The monoisotopic (exact) mass is 223 g/mol. The number of carbonyl (C=O) groups is 1. The van der Waals surface area contributed by atoms with Gasteiger partial charge in [0.15, 0.2) is 0 Å². The van der Waals surface area contributed by atoms with Gasteiger partial charge in [-0.1, -0.05) is 0 Å². The second-order valence-electron chi connectivity index (χ2n) is 2.62. The first-order valence-electron chi connectivity index (χ1n) is 3.93. The van der Waals surface area contributed by atoms with Crippen molar-refractivity contribution in [3.8, 4) is 17.4 Å². The molecular weight excluding hydrogens is 214 g/mol. The molecule has 0 saturated heterocycles. The lowest BCUT2D eigenvalue weighted by atomic mass is 10.2. The number of aromatic carboxylic acids is 1. The van der Waals surface area contributed by atoms with Gasteiger partial charge in [0, 0.05) is 16.6 Å². The van der Waals surface area contributed by atoms with E-state index in [4.69, 9.17) is 22.0 Å². The van der Waals surface area contributed by atoms with Gasteiger partial charge in [-0.3, -0.25) is 0 Å². The highest BCUT2D eigenvalue weighted by Gasteiger charge is 2.14. The lowest BCUT2D eigenvalue weighted by molar-refractivity contribution is 0.0693. The zero-order chi connectivity index (χ0) is 11.4. The van der Waals surface area contributed by atoms with Gasteiger partial charge < -0.3 is 15.6 Å². The van der Waals surface area contributed by atoms with Crippen LogP contribution in [-0.2, 0) is 0 Å². The second kappa shape index (κ2) is 4.62. The highest BCUT2D eigenvalue weighted by Crippen LogP contribution is 2.31. The van der Waals surface area contributed by atoms with Gasteiger partial charge in [0.05, 0.1) is 7.11 Å². The van der Waals surface area contributed by atoms with Gasteiger partial charge >= 0.3 is 5.97 Å². The zero-order valence-electron chi connectivity index (χ0n) is 7.98.